The number of amides is 2. The molecular weight excluding hydrogens is 384 g/mol. The van der Waals surface area contributed by atoms with Crippen molar-refractivity contribution in [2.45, 2.75) is 20.8 Å². The van der Waals surface area contributed by atoms with Gasteiger partial charge in [0.1, 0.15) is 5.75 Å². The number of anilines is 2. The molecule has 0 aliphatic carbocycles. The van der Waals surface area contributed by atoms with Crippen molar-refractivity contribution in [2.75, 3.05) is 17.2 Å². The minimum atomic E-state index is -0.220. The number of carbonyl (C=O) groups excluding carboxylic acids is 2. The molecule has 0 saturated carbocycles. The summed E-state index contributed by atoms with van der Waals surface area (Å²) in [5, 5.41) is 5.63. The average molecular weight is 405 g/mol. The SMILES string of the molecule is CCOc1ccc(C(=O)Nc2ccc(NC(=O)C(C)C)cc2)cc1Br. The maximum Gasteiger partial charge on any atom is 0.255 e. The molecule has 2 aromatic rings. The highest BCUT2D eigenvalue weighted by atomic mass is 79.9. The van der Waals surface area contributed by atoms with E-state index in [2.05, 4.69) is 26.6 Å². The molecule has 0 atom stereocenters. The molecule has 132 valence electrons. The van der Waals surface area contributed by atoms with Gasteiger partial charge in [0, 0.05) is 22.9 Å². The Morgan fingerprint density at radius 3 is 2.16 bits per heavy atom. The van der Waals surface area contributed by atoms with Gasteiger partial charge in [0.2, 0.25) is 5.91 Å². The van der Waals surface area contributed by atoms with E-state index in [1.54, 1.807) is 42.5 Å². The van der Waals surface area contributed by atoms with Crippen molar-refractivity contribution in [1.82, 2.24) is 0 Å². The summed E-state index contributed by atoms with van der Waals surface area (Å²) in [5.74, 6) is 0.348. The summed E-state index contributed by atoms with van der Waals surface area (Å²) in [6, 6.07) is 12.2. The van der Waals surface area contributed by atoms with Crippen molar-refractivity contribution in [1.29, 1.82) is 0 Å². The minimum Gasteiger partial charge on any atom is -0.493 e. The number of halogens is 1. The standard InChI is InChI=1S/C19H21BrN2O3/c1-4-25-17-10-5-13(11-16(17)20)19(24)22-15-8-6-14(7-9-15)21-18(23)12(2)3/h5-12H,4H2,1-3H3,(H,21,23)(H,22,24). The van der Waals surface area contributed by atoms with Crippen LogP contribution in [0.5, 0.6) is 5.75 Å². The summed E-state index contributed by atoms with van der Waals surface area (Å²) in [6.45, 7) is 6.13. The average Bonchev–Trinajstić information content (AvgIpc) is 2.58. The van der Waals surface area contributed by atoms with E-state index in [0.29, 0.717) is 29.3 Å². The first-order chi connectivity index (χ1) is 11.9. The van der Waals surface area contributed by atoms with E-state index in [4.69, 9.17) is 4.74 Å². The monoisotopic (exact) mass is 404 g/mol. The Balaban J connectivity index is 2.03. The number of hydrogen-bond donors (Lipinski definition) is 2. The van der Waals surface area contributed by atoms with Gasteiger partial charge in [-0.15, -0.1) is 0 Å². The van der Waals surface area contributed by atoms with Gasteiger partial charge in [0.25, 0.3) is 5.91 Å². The normalized spacial score (nSPS) is 10.4. The van der Waals surface area contributed by atoms with Crippen molar-refractivity contribution in [3.05, 3.63) is 52.5 Å². The van der Waals surface area contributed by atoms with E-state index in [-0.39, 0.29) is 17.7 Å². The van der Waals surface area contributed by atoms with Gasteiger partial charge in [-0.3, -0.25) is 9.59 Å². The molecule has 5 nitrogen and oxygen atoms in total. The molecule has 2 amide bonds. The lowest BCUT2D eigenvalue weighted by Gasteiger charge is -2.10. The quantitative estimate of drug-likeness (QED) is 0.733. The third-order valence-corrected chi connectivity index (χ3v) is 4.05. The fraction of sp³-hybridized carbons (Fsp3) is 0.263. The van der Waals surface area contributed by atoms with E-state index < -0.39 is 0 Å². The summed E-state index contributed by atoms with van der Waals surface area (Å²) in [5.41, 5.74) is 1.87. The van der Waals surface area contributed by atoms with Gasteiger partial charge in [-0.25, -0.2) is 0 Å². The number of carbonyl (C=O) groups is 2. The van der Waals surface area contributed by atoms with Crippen molar-refractivity contribution in [3.8, 4) is 5.75 Å². The van der Waals surface area contributed by atoms with Gasteiger partial charge in [0.05, 0.1) is 11.1 Å². The summed E-state index contributed by atoms with van der Waals surface area (Å²) in [6.07, 6.45) is 0. The minimum absolute atomic E-state index is 0.0453. The zero-order chi connectivity index (χ0) is 18.4. The van der Waals surface area contributed by atoms with Crippen molar-refractivity contribution >= 4 is 39.1 Å². The van der Waals surface area contributed by atoms with Crippen LogP contribution in [0.3, 0.4) is 0 Å². The van der Waals surface area contributed by atoms with Crippen LogP contribution in [0.4, 0.5) is 11.4 Å². The van der Waals surface area contributed by atoms with Gasteiger partial charge in [-0.2, -0.15) is 0 Å². The molecule has 0 spiro atoms. The molecule has 0 aliphatic heterocycles. The summed E-state index contributed by atoms with van der Waals surface area (Å²) < 4.78 is 6.17. The highest BCUT2D eigenvalue weighted by Gasteiger charge is 2.10. The molecule has 2 rings (SSSR count). The van der Waals surface area contributed by atoms with Crippen LogP contribution in [0.25, 0.3) is 0 Å². The number of benzene rings is 2. The first kappa shape index (κ1) is 19.0. The number of rotatable bonds is 6. The van der Waals surface area contributed by atoms with E-state index in [0.717, 1.165) is 4.47 Å². The van der Waals surface area contributed by atoms with E-state index in [9.17, 15) is 9.59 Å². The predicted octanol–water partition coefficient (Wildman–Crippen LogP) is 4.69. The second-order valence-electron chi connectivity index (χ2n) is 5.75. The number of nitrogens with one attached hydrogen (secondary N) is 2. The number of ether oxygens (including phenoxy) is 1. The molecule has 0 saturated heterocycles. The van der Waals surface area contributed by atoms with Crippen molar-refractivity contribution < 1.29 is 14.3 Å². The molecule has 0 aliphatic rings. The molecule has 25 heavy (non-hydrogen) atoms. The highest BCUT2D eigenvalue weighted by Crippen LogP contribution is 2.26. The molecule has 2 N–H and O–H groups in total. The van der Waals surface area contributed by atoms with Gasteiger partial charge >= 0.3 is 0 Å². The summed E-state index contributed by atoms with van der Waals surface area (Å²) >= 11 is 3.40. The van der Waals surface area contributed by atoms with Crippen LogP contribution in [0.1, 0.15) is 31.1 Å². The number of hydrogen-bond acceptors (Lipinski definition) is 3. The van der Waals surface area contributed by atoms with Gasteiger partial charge in [-0.1, -0.05) is 13.8 Å². The molecule has 0 bridgehead atoms. The Kier molecular flexibility index (Phi) is 6.58. The maximum atomic E-state index is 12.3. The Morgan fingerprint density at radius 2 is 1.64 bits per heavy atom. The Hall–Kier alpha value is -2.34. The van der Waals surface area contributed by atoms with Gasteiger partial charge in [0.15, 0.2) is 0 Å². The molecule has 6 heteroatoms. The lowest BCUT2D eigenvalue weighted by molar-refractivity contribution is -0.118. The molecular formula is C19H21BrN2O3. The van der Waals surface area contributed by atoms with Gasteiger partial charge in [-0.05, 0) is 65.3 Å². The molecule has 0 unspecified atom stereocenters. The molecule has 0 heterocycles. The lowest BCUT2D eigenvalue weighted by atomic mass is 10.2. The first-order valence-electron chi connectivity index (χ1n) is 8.05. The largest absolute Gasteiger partial charge is 0.493 e. The molecule has 0 fully saturated rings. The molecule has 2 aromatic carbocycles. The fourth-order valence-electron chi connectivity index (χ4n) is 2.04. The van der Waals surface area contributed by atoms with Gasteiger partial charge < -0.3 is 15.4 Å². The summed E-state index contributed by atoms with van der Waals surface area (Å²) in [4.78, 5) is 24.0. The van der Waals surface area contributed by atoms with Crippen LogP contribution in [-0.2, 0) is 4.79 Å². The Bertz CT molecular complexity index is 758. The molecule has 0 aromatic heterocycles. The zero-order valence-electron chi connectivity index (χ0n) is 14.4. The highest BCUT2D eigenvalue weighted by molar-refractivity contribution is 9.10. The summed E-state index contributed by atoms with van der Waals surface area (Å²) in [7, 11) is 0. The van der Waals surface area contributed by atoms with Crippen LogP contribution in [-0.4, -0.2) is 18.4 Å². The zero-order valence-corrected chi connectivity index (χ0v) is 16.0. The predicted molar refractivity (Wildman–Crippen MR) is 103 cm³/mol. The van der Waals surface area contributed by atoms with E-state index >= 15 is 0 Å². The molecule has 0 radical (unpaired) electrons. The third-order valence-electron chi connectivity index (χ3n) is 3.43. The second kappa shape index (κ2) is 8.67. The fourth-order valence-corrected chi connectivity index (χ4v) is 2.53. The smallest absolute Gasteiger partial charge is 0.255 e. The van der Waals surface area contributed by atoms with Crippen LogP contribution in [0, 0.1) is 5.92 Å². The van der Waals surface area contributed by atoms with Crippen molar-refractivity contribution in [3.63, 3.8) is 0 Å². The first-order valence-corrected chi connectivity index (χ1v) is 8.84. The third kappa shape index (κ3) is 5.32. The van der Waals surface area contributed by atoms with Crippen LogP contribution in [0.2, 0.25) is 0 Å². The van der Waals surface area contributed by atoms with Crippen LogP contribution < -0.4 is 15.4 Å². The topological polar surface area (TPSA) is 67.4 Å². The Morgan fingerprint density at radius 1 is 1.04 bits per heavy atom. The maximum absolute atomic E-state index is 12.3. The van der Waals surface area contributed by atoms with Crippen LogP contribution >= 0.6 is 15.9 Å². The van der Waals surface area contributed by atoms with Crippen molar-refractivity contribution in [2.24, 2.45) is 5.92 Å². The van der Waals surface area contributed by atoms with Crippen LogP contribution in [0.15, 0.2) is 46.9 Å². The lowest BCUT2D eigenvalue weighted by Crippen LogP contribution is -2.17. The Labute approximate surface area is 155 Å². The van der Waals surface area contributed by atoms with E-state index in [1.165, 1.54) is 0 Å². The second-order valence-corrected chi connectivity index (χ2v) is 6.61. The van der Waals surface area contributed by atoms with E-state index in [1.807, 2.05) is 20.8 Å².